The molecule has 9 heteroatoms. The van der Waals surface area contributed by atoms with E-state index in [1.54, 1.807) is 20.9 Å². The molecule has 0 bridgehead atoms. The minimum absolute atomic E-state index is 0.116. The molecule has 0 radical (unpaired) electrons. The number of hydrogen-bond donors (Lipinski definition) is 3. The van der Waals surface area contributed by atoms with Crippen LogP contribution in [0.5, 0.6) is 0 Å². The second-order valence-corrected chi connectivity index (χ2v) is 5.24. The lowest BCUT2D eigenvalue weighted by atomic mass is 10.4. The number of nitrogens with one attached hydrogen (secondary N) is 1. The minimum Gasteiger partial charge on any atom is -0.409 e. The third-order valence-electron chi connectivity index (χ3n) is 2.28. The molecule has 0 spiro atoms. The smallest absolute Gasteiger partial charge is 0.244 e. The SMILES string of the molecule is Cc1nn(C)c(C)c1S(=O)(=O)NCC(N)=NO. The standard InChI is InChI=1S/C8H15N5O3S/c1-5-8(6(2)13(3)11-5)17(15,16)10-4-7(9)12-14/h10,14H,4H2,1-3H3,(H2,9,12). The van der Waals surface area contributed by atoms with Crippen molar-refractivity contribution in [1.82, 2.24) is 14.5 Å². The lowest BCUT2D eigenvalue weighted by molar-refractivity contribution is 0.317. The molecule has 0 amide bonds. The molecule has 4 N–H and O–H groups in total. The number of aromatic nitrogens is 2. The van der Waals surface area contributed by atoms with Gasteiger partial charge in [-0.25, -0.2) is 13.1 Å². The van der Waals surface area contributed by atoms with Crippen molar-refractivity contribution in [2.24, 2.45) is 17.9 Å². The van der Waals surface area contributed by atoms with Crippen LogP contribution in [0.3, 0.4) is 0 Å². The average Bonchev–Trinajstić information content (AvgIpc) is 2.50. The Bertz CT molecular complexity index is 546. The van der Waals surface area contributed by atoms with Crippen LogP contribution in [-0.2, 0) is 17.1 Å². The van der Waals surface area contributed by atoms with Gasteiger partial charge in [-0.15, -0.1) is 0 Å². The predicted octanol–water partition coefficient (Wildman–Crippen LogP) is -0.938. The van der Waals surface area contributed by atoms with Crippen molar-refractivity contribution in [1.29, 1.82) is 0 Å². The lowest BCUT2D eigenvalue weighted by Gasteiger charge is -2.06. The quantitative estimate of drug-likeness (QED) is 0.279. The van der Waals surface area contributed by atoms with Crippen molar-refractivity contribution in [3.05, 3.63) is 11.4 Å². The zero-order valence-corrected chi connectivity index (χ0v) is 10.6. The van der Waals surface area contributed by atoms with Gasteiger partial charge in [-0.2, -0.15) is 5.10 Å². The number of hydrogen-bond acceptors (Lipinski definition) is 5. The van der Waals surface area contributed by atoms with Crippen LogP contribution < -0.4 is 10.5 Å². The summed E-state index contributed by atoms with van der Waals surface area (Å²) in [7, 11) is -2.05. The van der Waals surface area contributed by atoms with Gasteiger partial charge in [-0.3, -0.25) is 4.68 Å². The third kappa shape index (κ3) is 2.74. The van der Waals surface area contributed by atoms with E-state index >= 15 is 0 Å². The van der Waals surface area contributed by atoms with Crippen LogP contribution >= 0.6 is 0 Å². The zero-order valence-electron chi connectivity index (χ0n) is 9.80. The second kappa shape index (κ2) is 4.72. The van der Waals surface area contributed by atoms with Crippen molar-refractivity contribution < 1.29 is 13.6 Å². The molecule has 0 aliphatic carbocycles. The molecule has 0 aliphatic rings. The first-order chi connectivity index (χ1) is 7.79. The van der Waals surface area contributed by atoms with Gasteiger partial charge in [0.15, 0.2) is 5.84 Å². The Balaban J connectivity index is 3.06. The normalized spacial score (nSPS) is 13.0. The maximum Gasteiger partial charge on any atom is 0.244 e. The summed E-state index contributed by atoms with van der Waals surface area (Å²) in [6.07, 6.45) is 0. The molecule has 0 saturated heterocycles. The zero-order chi connectivity index (χ0) is 13.2. The fourth-order valence-corrected chi connectivity index (χ4v) is 2.85. The van der Waals surface area contributed by atoms with Gasteiger partial charge in [0.05, 0.1) is 17.9 Å². The lowest BCUT2D eigenvalue weighted by Crippen LogP contribution is -2.34. The fraction of sp³-hybridized carbons (Fsp3) is 0.500. The summed E-state index contributed by atoms with van der Waals surface area (Å²) in [4.78, 5) is 0.116. The molecule has 8 nitrogen and oxygen atoms in total. The Morgan fingerprint density at radius 3 is 2.59 bits per heavy atom. The maximum absolute atomic E-state index is 12.0. The van der Waals surface area contributed by atoms with Gasteiger partial charge in [-0.05, 0) is 13.8 Å². The molecule has 0 atom stereocenters. The Kier molecular flexibility index (Phi) is 3.73. The Labute approximate surface area is 99.2 Å². The summed E-state index contributed by atoms with van der Waals surface area (Å²) in [5, 5.41) is 15.0. The van der Waals surface area contributed by atoms with Crippen molar-refractivity contribution >= 4 is 15.9 Å². The molecule has 0 unspecified atom stereocenters. The number of nitrogens with two attached hydrogens (primary N) is 1. The molecule has 0 aromatic carbocycles. The maximum atomic E-state index is 12.0. The highest BCUT2D eigenvalue weighted by atomic mass is 32.2. The van der Waals surface area contributed by atoms with Gasteiger partial charge in [-0.1, -0.05) is 5.16 Å². The topological polar surface area (TPSA) is 123 Å². The first-order valence-corrected chi connectivity index (χ1v) is 6.24. The summed E-state index contributed by atoms with van der Waals surface area (Å²) in [5.74, 6) is -0.215. The summed E-state index contributed by atoms with van der Waals surface area (Å²) in [5.41, 5.74) is 6.11. The van der Waals surface area contributed by atoms with E-state index in [9.17, 15) is 8.42 Å². The molecule has 1 rings (SSSR count). The van der Waals surface area contributed by atoms with Gasteiger partial charge in [0.25, 0.3) is 0 Å². The molecule has 0 saturated carbocycles. The molecule has 17 heavy (non-hydrogen) atoms. The highest BCUT2D eigenvalue weighted by Crippen LogP contribution is 2.17. The van der Waals surface area contributed by atoms with Gasteiger partial charge in [0.2, 0.25) is 10.0 Å². The molecule has 0 aliphatic heterocycles. The van der Waals surface area contributed by atoms with Crippen molar-refractivity contribution in [3.8, 4) is 0 Å². The first kappa shape index (κ1) is 13.5. The monoisotopic (exact) mass is 261 g/mol. The number of amidine groups is 1. The second-order valence-electron chi connectivity index (χ2n) is 3.54. The van der Waals surface area contributed by atoms with E-state index in [2.05, 4.69) is 15.0 Å². The minimum atomic E-state index is -3.71. The Morgan fingerprint density at radius 2 is 2.18 bits per heavy atom. The summed E-state index contributed by atoms with van der Waals surface area (Å²) in [6.45, 7) is 3.00. The molecular weight excluding hydrogens is 246 g/mol. The van der Waals surface area contributed by atoms with Crippen LogP contribution in [0.1, 0.15) is 11.4 Å². The van der Waals surface area contributed by atoms with E-state index in [0.717, 1.165) is 0 Å². The van der Waals surface area contributed by atoms with Crippen LogP contribution in [0.4, 0.5) is 0 Å². The van der Waals surface area contributed by atoms with Crippen molar-refractivity contribution in [2.45, 2.75) is 18.7 Å². The third-order valence-corrected chi connectivity index (χ3v) is 3.94. The van der Waals surface area contributed by atoms with Crippen LogP contribution in [0, 0.1) is 13.8 Å². The van der Waals surface area contributed by atoms with E-state index in [1.165, 1.54) is 4.68 Å². The van der Waals surface area contributed by atoms with Gasteiger partial charge < -0.3 is 10.9 Å². The van der Waals surface area contributed by atoms with Crippen molar-refractivity contribution in [2.75, 3.05) is 6.54 Å². The molecule has 0 fully saturated rings. The van der Waals surface area contributed by atoms with E-state index in [-0.39, 0.29) is 17.3 Å². The van der Waals surface area contributed by atoms with Crippen LogP contribution in [0.15, 0.2) is 10.1 Å². The fourth-order valence-electron chi connectivity index (χ4n) is 1.42. The van der Waals surface area contributed by atoms with Gasteiger partial charge >= 0.3 is 0 Å². The number of nitrogens with zero attached hydrogens (tertiary/aromatic N) is 3. The van der Waals surface area contributed by atoms with Gasteiger partial charge in [0, 0.05) is 7.05 Å². The number of sulfonamides is 1. The predicted molar refractivity (Wildman–Crippen MR) is 61.3 cm³/mol. The Hall–Kier alpha value is -1.61. The number of rotatable bonds is 4. The molecule has 1 aromatic rings. The first-order valence-electron chi connectivity index (χ1n) is 4.76. The van der Waals surface area contributed by atoms with Gasteiger partial charge in [0.1, 0.15) is 4.90 Å². The highest BCUT2D eigenvalue weighted by molar-refractivity contribution is 7.89. The van der Waals surface area contributed by atoms with E-state index in [4.69, 9.17) is 10.9 Å². The van der Waals surface area contributed by atoms with Crippen molar-refractivity contribution in [3.63, 3.8) is 0 Å². The average molecular weight is 261 g/mol. The molecular formula is C8H15N5O3S. The summed E-state index contributed by atoms with van der Waals surface area (Å²) < 4.78 is 27.6. The summed E-state index contributed by atoms with van der Waals surface area (Å²) >= 11 is 0. The van der Waals surface area contributed by atoms with Crippen LogP contribution in [-0.4, -0.2) is 35.8 Å². The molecule has 1 aromatic heterocycles. The van der Waals surface area contributed by atoms with Crippen LogP contribution in [0.25, 0.3) is 0 Å². The summed E-state index contributed by atoms with van der Waals surface area (Å²) in [6, 6.07) is 0. The van der Waals surface area contributed by atoms with E-state index in [0.29, 0.717) is 11.4 Å². The van der Waals surface area contributed by atoms with E-state index < -0.39 is 10.0 Å². The van der Waals surface area contributed by atoms with E-state index in [1.807, 2.05) is 0 Å². The molecule has 1 heterocycles. The van der Waals surface area contributed by atoms with Crippen LogP contribution in [0.2, 0.25) is 0 Å². The highest BCUT2D eigenvalue weighted by Gasteiger charge is 2.23. The number of oxime groups is 1. The molecule has 96 valence electrons. The Morgan fingerprint density at radius 1 is 1.59 bits per heavy atom. The number of aryl methyl sites for hydroxylation is 2. The largest absolute Gasteiger partial charge is 0.409 e.